The predicted octanol–water partition coefficient (Wildman–Crippen LogP) is 5.51. The Morgan fingerprint density at radius 2 is 1.73 bits per heavy atom. The van der Waals surface area contributed by atoms with Gasteiger partial charge < -0.3 is 14.2 Å². The van der Waals surface area contributed by atoms with Gasteiger partial charge in [-0.2, -0.15) is 0 Å². The first-order chi connectivity index (χ1) is 16.0. The minimum absolute atomic E-state index is 0.0782. The minimum atomic E-state index is -0.542. The van der Waals surface area contributed by atoms with Crippen LogP contribution in [0.3, 0.4) is 0 Å². The van der Waals surface area contributed by atoms with Gasteiger partial charge in [0.2, 0.25) is 5.91 Å². The SMILES string of the molecule is Cc1c(CC(=O)NCc2ccccc2)c(=O)oc2cc3occ(-c4ccc(F)cc4)c3cc12. The lowest BCUT2D eigenvalue weighted by Crippen LogP contribution is -2.27. The highest BCUT2D eigenvalue weighted by Gasteiger charge is 2.18. The van der Waals surface area contributed by atoms with E-state index in [1.54, 1.807) is 24.5 Å². The van der Waals surface area contributed by atoms with Crippen molar-refractivity contribution in [2.45, 2.75) is 19.9 Å². The van der Waals surface area contributed by atoms with E-state index in [1.165, 1.54) is 12.1 Å². The molecule has 0 saturated carbocycles. The molecule has 0 aliphatic heterocycles. The number of fused-ring (bicyclic) bond motifs is 2. The molecule has 0 spiro atoms. The maximum Gasteiger partial charge on any atom is 0.340 e. The summed E-state index contributed by atoms with van der Waals surface area (Å²) in [6, 6.07) is 19.3. The van der Waals surface area contributed by atoms with E-state index in [2.05, 4.69) is 5.32 Å². The van der Waals surface area contributed by atoms with E-state index in [0.717, 1.165) is 27.5 Å². The fourth-order valence-electron chi connectivity index (χ4n) is 3.99. The number of carbonyl (C=O) groups excluding carboxylic acids is 1. The lowest BCUT2D eigenvalue weighted by Gasteiger charge is -2.09. The molecule has 2 heterocycles. The Morgan fingerprint density at radius 3 is 2.48 bits per heavy atom. The van der Waals surface area contributed by atoms with E-state index in [-0.39, 0.29) is 18.1 Å². The number of benzene rings is 3. The smallest absolute Gasteiger partial charge is 0.340 e. The largest absolute Gasteiger partial charge is 0.464 e. The van der Waals surface area contributed by atoms with Crippen LogP contribution in [0.1, 0.15) is 16.7 Å². The highest BCUT2D eigenvalue weighted by molar-refractivity contribution is 6.02. The van der Waals surface area contributed by atoms with Gasteiger partial charge in [0.1, 0.15) is 17.0 Å². The van der Waals surface area contributed by atoms with Gasteiger partial charge in [-0.15, -0.1) is 0 Å². The fraction of sp³-hybridized carbons (Fsp3) is 0.111. The summed E-state index contributed by atoms with van der Waals surface area (Å²) in [7, 11) is 0. The molecular weight excluding hydrogens is 421 g/mol. The van der Waals surface area contributed by atoms with Crippen molar-refractivity contribution in [1.82, 2.24) is 5.32 Å². The van der Waals surface area contributed by atoms with Gasteiger partial charge >= 0.3 is 5.63 Å². The van der Waals surface area contributed by atoms with Crippen molar-refractivity contribution in [2.24, 2.45) is 0 Å². The molecule has 1 N–H and O–H groups in total. The number of amides is 1. The van der Waals surface area contributed by atoms with Crippen molar-refractivity contribution in [3.8, 4) is 11.1 Å². The van der Waals surface area contributed by atoms with Gasteiger partial charge in [-0.3, -0.25) is 4.79 Å². The Balaban J connectivity index is 1.50. The van der Waals surface area contributed by atoms with Crippen LogP contribution in [-0.2, 0) is 17.8 Å². The van der Waals surface area contributed by atoms with Crippen molar-refractivity contribution in [3.63, 3.8) is 0 Å². The zero-order chi connectivity index (χ0) is 22.9. The van der Waals surface area contributed by atoms with Crippen LogP contribution in [0.15, 0.2) is 86.6 Å². The molecule has 3 aromatic carbocycles. The second kappa shape index (κ2) is 8.39. The summed E-state index contributed by atoms with van der Waals surface area (Å²) in [5.41, 5.74) is 3.99. The third-order valence-corrected chi connectivity index (χ3v) is 5.81. The van der Waals surface area contributed by atoms with Crippen molar-refractivity contribution in [1.29, 1.82) is 0 Å². The van der Waals surface area contributed by atoms with Gasteiger partial charge in [-0.1, -0.05) is 42.5 Å². The zero-order valence-electron chi connectivity index (χ0n) is 17.9. The highest BCUT2D eigenvalue weighted by Crippen LogP contribution is 2.34. The van der Waals surface area contributed by atoms with Gasteiger partial charge in [-0.25, -0.2) is 9.18 Å². The van der Waals surface area contributed by atoms with Crippen LogP contribution in [0.4, 0.5) is 4.39 Å². The Morgan fingerprint density at radius 1 is 0.970 bits per heavy atom. The van der Waals surface area contributed by atoms with Gasteiger partial charge in [0, 0.05) is 28.9 Å². The van der Waals surface area contributed by atoms with Crippen LogP contribution in [0.5, 0.6) is 0 Å². The quantitative estimate of drug-likeness (QED) is 0.365. The lowest BCUT2D eigenvalue weighted by molar-refractivity contribution is -0.120. The van der Waals surface area contributed by atoms with E-state index in [0.29, 0.717) is 28.8 Å². The maximum atomic E-state index is 13.3. The van der Waals surface area contributed by atoms with Gasteiger partial charge in [0.15, 0.2) is 0 Å². The summed E-state index contributed by atoms with van der Waals surface area (Å²) in [6.07, 6.45) is 1.52. The Labute approximate surface area is 188 Å². The monoisotopic (exact) mass is 441 g/mol. The molecule has 0 bridgehead atoms. The third-order valence-electron chi connectivity index (χ3n) is 5.81. The zero-order valence-corrected chi connectivity index (χ0v) is 17.9. The summed E-state index contributed by atoms with van der Waals surface area (Å²) in [4.78, 5) is 25.2. The normalized spacial score (nSPS) is 11.2. The minimum Gasteiger partial charge on any atom is -0.464 e. The van der Waals surface area contributed by atoms with E-state index in [1.807, 2.05) is 43.3 Å². The number of furan rings is 1. The molecule has 0 unspecified atom stereocenters. The van der Waals surface area contributed by atoms with E-state index in [4.69, 9.17) is 8.83 Å². The second-order valence-corrected chi connectivity index (χ2v) is 7.93. The molecule has 2 aromatic heterocycles. The topological polar surface area (TPSA) is 72.5 Å². The van der Waals surface area contributed by atoms with Crippen LogP contribution in [0.25, 0.3) is 33.1 Å². The molecule has 1 amide bonds. The van der Waals surface area contributed by atoms with Crippen LogP contribution in [-0.4, -0.2) is 5.91 Å². The van der Waals surface area contributed by atoms with Crippen molar-refractivity contribution in [2.75, 3.05) is 0 Å². The Bertz CT molecular complexity index is 1530. The molecule has 5 nitrogen and oxygen atoms in total. The molecule has 0 radical (unpaired) electrons. The fourth-order valence-corrected chi connectivity index (χ4v) is 3.99. The molecule has 5 rings (SSSR count). The molecule has 33 heavy (non-hydrogen) atoms. The van der Waals surface area contributed by atoms with Crippen LogP contribution < -0.4 is 10.9 Å². The predicted molar refractivity (Wildman–Crippen MR) is 124 cm³/mol. The molecule has 6 heteroatoms. The second-order valence-electron chi connectivity index (χ2n) is 7.93. The first-order valence-electron chi connectivity index (χ1n) is 10.5. The third kappa shape index (κ3) is 4.03. The summed E-state index contributed by atoms with van der Waals surface area (Å²) < 4.78 is 24.5. The number of hydrogen-bond acceptors (Lipinski definition) is 4. The highest BCUT2D eigenvalue weighted by atomic mass is 19.1. The van der Waals surface area contributed by atoms with Gasteiger partial charge in [-0.05, 0) is 41.8 Å². The Kier molecular flexibility index (Phi) is 5.26. The van der Waals surface area contributed by atoms with E-state index < -0.39 is 5.63 Å². The van der Waals surface area contributed by atoms with Crippen molar-refractivity contribution < 1.29 is 18.0 Å². The molecule has 164 valence electrons. The van der Waals surface area contributed by atoms with E-state index >= 15 is 0 Å². The summed E-state index contributed by atoms with van der Waals surface area (Å²) in [5.74, 6) is -0.574. The lowest BCUT2D eigenvalue weighted by atomic mass is 9.99. The molecular formula is C27H20FNO4. The average Bonchev–Trinajstić information content (AvgIpc) is 3.23. The average molecular weight is 441 g/mol. The number of rotatable bonds is 5. The standard InChI is InChI=1S/C27H20FNO4/c1-16-20-11-22-23(18-7-9-19(28)10-8-18)15-32-24(22)13-25(20)33-27(31)21(16)12-26(30)29-14-17-5-3-2-4-6-17/h2-11,13,15H,12,14H2,1H3,(H,29,30). The molecule has 0 atom stereocenters. The number of halogens is 1. The molecule has 0 saturated heterocycles. The number of hydrogen-bond donors (Lipinski definition) is 1. The summed E-state index contributed by atoms with van der Waals surface area (Å²) >= 11 is 0. The van der Waals surface area contributed by atoms with Crippen molar-refractivity contribution >= 4 is 27.8 Å². The first-order valence-corrected chi connectivity index (χ1v) is 10.5. The van der Waals surface area contributed by atoms with Gasteiger partial charge in [0.05, 0.1) is 18.2 Å². The molecule has 0 aliphatic carbocycles. The van der Waals surface area contributed by atoms with Gasteiger partial charge in [0.25, 0.3) is 0 Å². The number of carbonyl (C=O) groups is 1. The number of aryl methyl sites for hydroxylation is 1. The molecule has 5 aromatic rings. The molecule has 0 fully saturated rings. The summed E-state index contributed by atoms with van der Waals surface area (Å²) in [6.45, 7) is 2.19. The van der Waals surface area contributed by atoms with Crippen LogP contribution in [0, 0.1) is 12.7 Å². The molecule has 0 aliphatic rings. The van der Waals surface area contributed by atoms with Crippen LogP contribution in [0.2, 0.25) is 0 Å². The van der Waals surface area contributed by atoms with Crippen LogP contribution >= 0.6 is 0 Å². The summed E-state index contributed by atoms with van der Waals surface area (Å²) in [5, 5.41) is 4.38. The maximum absolute atomic E-state index is 13.3. The Hall–Kier alpha value is -4.19. The first kappa shape index (κ1) is 20.7. The number of nitrogens with one attached hydrogen (secondary N) is 1. The van der Waals surface area contributed by atoms with Crippen molar-refractivity contribution in [3.05, 3.63) is 106 Å². The van der Waals surface area contributed by atoms with E-state index in [9.17, 15) is 14.0 Å².